The number of hydrogen-bond acceptors (Lipinski definition) is 5. The molecule has 0 bridgehead atoms. The number of unbranched alkanes of at least 4 members (excludes halogenated alkanes) is 24. The first-order valence-corrected chi connectivity index (χ1v) is 17.8. The van der Waals surface area contributed by atoms with Crippen molar-refractivity contribution in [2.75, 3.05) is 26.4 Å². The number of hydrogen-bond donors (Lipinski definition) is 2. The van der Waals surface area contributed by atoms with Gasteiger partial charge < -0.3 is 4.74 Å². The second-order valence-corrected chi connectivity index (χ2v) is 11.9. The summed E-state index contributed by atoms with van der Waals surface area (Å²) < 4.78 is 5.85. The average molecular weight is 583 g/mol. The van der Waals surface area contributed by atoms with Gasteiger partial charge in [-0.2, -0.15) is 0 Å². The average Bonchev–Trinajstić information content (AvgIpc) is 2.98. The Morgan fingerprint density at radius 1 is 0.268 bits per heavy atom. The predicted octanol–water partition coefficient (Wildman–Crippen LogP) is 12.0. The lowest BCUT2D eigenvalue weighted by molar-refractivity contribution is -0.242. The summed E-state index contributed by atoms with van der Waals surface area (Å²) in [6, 6.07) is 0. The molecule has 0 rings (SSSR count). The largest absolute Gasteiger partial charge is 0.381 e. The van der Waals surface area contributed by atoms with E-state index in [9.17, 15) is 0 Å². The highest BCUT2D eigenvalue weighted by Crippen LogP contribution is 2.12. The van der Waals surface area contributed by atoms with E-state index >= 15 is 0 Å². The molecule has 0 aliphatic carbocycles. The molecule has 0 aliphatic heterocycles. The Bertz CT molecular complexity index is 464. The van der Waals surface area contributed by atoms with Crippen LogP contribution >= 0.6 is 0 Å². The number of allylic oxidation sites excluding steroid dienone is 4. The monoisotopic (exact) mass is 583 g/mol. The Morgan fingerprint density at radius 2 is 0.488 bits per heavy atom. The lowest BCUT2D eigenvalue weighted by atomic mass is 10.1. The third-order valence-corrected chi connectivity index (χ3v) is 7.87. The highest BCUT2D eigenvalue weighted by Gasteiger charge is 1.95. The molecule has 5 heteroatoms. The quantitative estimate of drug-likeness (QED) is 0.0333. The van der Waals surface area contributed by atoms with Crippen LogP contribution in [0.2, 0.25) is 0 Å². The topological polar surface area (TPSA) is 68.2 Å². The van der Waals surface area contributed by atoms with E-state index < -0.39 is 0 Å². The maximum absolute atomic E-state index is 8.28. The predicted molar refractivity (Wildman–Crippen MR) is 176 cm³/mol. The first-order valence-electron chi connectivity index (χ1n) is 17.8. The van der Waals surface area contributed by atoms with Crippen LogP contribution in [-0.2, 0) is 14.5 Å². The summed E-state index contributed by atoms with van der Waals surface area (Å²) in [7, 11) is 0. The van der Waals surface area contributed by atoms with Crippen LogP contribution in [0, 0.1) is 0 Å². The molecule has 0 spiro atoms. The van der Waals surface area contributed by atoms with Gasteiger partial charge in [0, 0.05) is 13.2 Å². The Kier molecular flexibility index (Phi) is 38.6. The van der Waals surface area contributed by atoms with Crippen molar-refractivity contribution in [2.45, 2.75) is 180 Å². The number of rotatable bonds is 36. The Hall–Kier alpha value is -0.720. The van der Waals surface area contributed by atoms with Crippen molar-refractivity contribution < 1.29 is 25.0 Å². The van der Waals surface area contributed by atoms with Crippen molar-refractivity contribution in [3.63, 3.8) is 0 Å². The van der Waals surface area contributed by atoms with Crippen LogP contribution in [0.25, 0.3) is 0 Å². The van der Waals surface area contributed by atoms with Gasteiger partial charge in [0.25, 0.3) is 0 Å². The summed E-state index contributed by atoms with van der Waals surface area (Å²) in [5, 5.41) is 16.6. The second kappa shape index (κ2) is 39.3. The fraction of sp³-hybridized carbons (Fsp3) is 0.889. The highest BCUT2D eigenvalue weighted by molar-refractivity contribution is 4.82. The van der Waals surface area contributed by atoms with Crippen LogP contribution in [0.4, 0.5) is 0 Å². The smallest absolute Gasteiger partial charge is 0.0819 e. The summed E-state index contributed by atoms with van der Waals surface area (Å²) in [6.45, 7) is 2.86. The van der Waals surface area contributed by atoms with Gasteiger partial charge in [-0.05, 0) is 77.0 Å². The van der Waals surface area contributed by atoms with Crippen LogP contribution in [-0.4, -0.2) is 36.9 Å². The molecule has 0 amide bonds. The molecule has 41 heavy (non-hydrogen) atoms. The summed E-state index contributed by atoms with van der Waals surface area (Å²) in [5.41, 5.74) is 0. The zero-order valence-electron chi connectivity index (χ0n) is 27.1. The molecular weight excluding hydrogens is 512 g/mol. The molecule has 0 aliphatic rings. The molecule has 0 saturated heterocycles. The molecule has 0 unspecified atom stereocenters. The Balaban J connectivity index is 3.11. The van der Waals surface area contributed by atoms with Gasteiger partial charge in [-0.15, -0.1) is 0 Å². The minimum atomic E-state index is 0.478. The van der Waals surface area contributed by atoms with Crippen molar-refractivity contribution in [1.29, 1.82) is 0 Å². The second-order valence-electron chi connectivity index (χ2n) is 11.9. The van der Waals surface area contributed by atoms with Crippen molar-refractivity contribution in [3.8, 4) is 0 Å². The summed E-state index contributed by atoms with van der Waals surface area (Å²) in [5.74, 6) is 0. The van der Waals surface area contributed by atoms with E-state index in [2.05, 4.69) is 34.1 Å². The molecule has 0 aromatic heterocycles. The molecule has 0 aromatic rings. The SMILES string of the molecule is OOCCCCCCCC/C=C\CCCCCCCCOCCCCCCCC/C=C\CCCCCCCCOO. The third-order valence-electron chi connectivity index (χ3n) is 7.87. The first kappa shape index (κ1) is 40.3. The maximum Gasteiger partial charge on any atom is 0.0819 e. The molecule has 0 saturated carbocycles. The van der Waals surface area contributed by atoms with Crippen LogP contribution in [0.3, 0.4) is 0 Å². The molecule has 0 atom stereocenters. The zero-order chi connectivity index (χ0) is 29.6. The third kappa shape index (κ3) is 39.3. The van der Waals surface area contributed by atoms with Crippen LogP contribution in [0.5, 0.6) is 0 Å². The minimum Gasteiger partial charge on any atom is -0.381 e. The Labute approximate surface area is 255 Å². The van der Waals surface area contributed by atoms with Gasteiger partial charge in [0.05, 0.1) is 13.2 Å². The molecular formula is C36H70O5. The van der Waals surface area contributed by atoms with Gasteiger partial charge >= 0.3 is 0 Å². The highest BCUT2D eigenvalue weighted by atomic mass is 17.1. The van der Waals surface area contributed by atoms with Crippen LogP contribution < -0.4 is 0 Å². The Morgan fingerprint density at radius 3 is 0.756 bits per heavy atom. The van der Waals surface area contributed by atoms with Gasteiger partial charge in [0.1, 0.15) is 0 Å². The van der Waals surface area contributed by atoms with E-state index in [0.717, 1.165) is 38.9 Å². The van der Waals surface area contributed by atoms with Gasteiger partial charge in [-0.1, -0.05) is 127 Å². The van der Waals surface area contributed by atoms with Crippen molar-refractivity contribution in [3.05, 3.63) is 24.3 Å². The van der Waals surface area contributed by atoms with Gasteiger partial charge in [-0.25, -0.2) is 9.78 Å². The van der Waals surface area contributed by atoms with Gasteiger partial charge in [0.2, 0.25) is 0 Å². The lowest BCUT2D eigenvalue weighted by Crippen LogP contribution is -1.97. The van der Waals surface area contributed by atoms with Crippen molar-refractivity contribution in [1.82, 2.24) is 0 Å². The van der Waals surface area contributed by atoms with E-state index in [1.807, 2.05) is 0 Å². The van der Waals surface area contributed by atoms with E-state index in [0.29, 0.717) is 13.2 Å². The summed E-state index contributed by atoms with van der Waals surface area (Å²) in [6.07, 6.45) is 45.1. The van der Waals surface area contributed by atoms with E-state index in [4.69, 9.17) is 15.3 Å². The molecule has 244 valence electrons. The molecule has 0 fully saturated rings. The first-order chi connectivity index (χ1) is 20.4. The summed E-state index contributed by atoms with van der Waals surface area (Å²) >= 11 is 0. The molecule has 5 nitrogen and oxygen atoms in total. The maximum atomic E-state index is 8.28. The standard InChI is InChI=1S/C36H70O5/c37-40-35-31-27-23-19-15-11-7-3-1-5-9-13-17-21-25-29-33-39-34-30-26-22-18-14-10-6-2-4-8-12-16-20-24-28-32-36-41-38/h1-4,37-38H,5-36H2/b3-1-,4-2-. The van der Waals surface area contributed by atoms with Crippen LogP contribution in [0.1, 0.15) is 180 Å². The van der Waals surface area contributed by atoms with Gasteiger partial charge in [0.15, 0.2) is 0 Å². The van der Waals surface area contributed by atoms with Crippen molar-refractivity contribution in [2.24, 2.45) is 0 Å². The molecule has 0 heterocycles. The zero-order valence-corrected chi connectivity index (χ0v) is 27.1. The fourth-order valence-corrected chi connectivity index (χ4v) is 5.19. The van der Waals surface area contributed by atoms with E-state index in [1.165, 1.54) is 154 Å². The minimum absolute atomic E-state index is 0.478. The van der Waals surface area contributed by atoms with Gasteiger partial charge in [-0.3, -0.25) is 10.5 Å². The van der Waals surface area contributed by atoms with E-state index in [-0.39, 0.29) is 0 Å². The van der Waals surface area contributed by atoms with E-state index in [1.54, 1.807) is 0 Å². The molecule has 0 aromatic carbocycles. The molecule has 2 N–H and O–H groups in total. The van der Waals surface area contributed by atoms with Crippen LogP contribution in [0.15, 0.2) is 24.3 Å². The fourth-order valence-electron chi connectivity index (χ4n) is 5.19. The normalized spacial score (nSPS) is 12.0. The molecule has 0 radical (unpaired) electrons. The van der Waals surface area contributed by atoms with Crippen molar-refractivity contribution >= 4 is 0 Å². The summed E-state index contributed by atoms with van der Waals surface area (Å²) in [4.78, 5) is 8.19. The number of ether oxygens (including phenoxy) is 1. The lowest BCUT2D eigenvalue weighted by Gasteiger charge is -2.05.